The van der Waals surface area contributed by atoms with Crippen LogP contribution in [0.1, 0.15) is 0 Å². The van der Waals surface area contributed by atoms with Gasteiger partial charge >= 0.3 is 0 Å². The maximum Gasteiger partial charge on any atom is 0.0110 e. The zero-order chi connectivity index (χ0) is 7.40. The quantitative estimate of drug-likeness (QED) is 0.598. The highest BCUT2D eigenvalue weighted by atomic mass is 128. The molecule has 3 heterocycles. The van der Waals surface area contributed by atoms with E-state index >= 15 is 0 Å². The molecule has 60 valence electrons. The zero-order valence-corrected chi connectivity index (χ0v) is 10.2. The van der Waals surface area contributed by atoms with E-state index in [0.29, 0.717) is 0 Å². The number of piperazine rings is 3. The predicted molar refractivity (Wildman–Crippen MR) is 60.9 cm³/mol. The van der Waals surface area contributed by atoms with Crippen molar-refractivity contribution in [2.24, 2.45) is 0 Å². The summed E-state index contributed by atoms with van der Waals surface area (Å²) in [5, 5.41) is 0. The molecule has 3 fully saturated rings. The third kappa shape index (κ3) is 2.46. The lowest BCUT2D eigenvalue weighted by Crippen LogP contribution is -2.55. The lowest BCUT2D eigenvalue weighted by atomic mass is 10.2. The van der Waals surface area contributed by atoms with E-state index in [1.807, 2.05) is 0 Å². The van der Waals surface area contributed by atoms with Gasteiger partial charge in [0.2, 0.25) is 0 Å². The van der Waals surface area contributed by atoms with Crippen LogP contribution >= 0.6 is 37.2 Å². The Hall–Kier alpha value is 1.38. The molecular formula is C6H12I2N2. The van der Waals surface area contributed by atoms with E-state index in [1.165, 1.54) is 39.3 Å². The van der Waals surface area contributed by atoms with Gasteiger partial charge in [-0.05, 0) is 0 Å². The molecule has 3 aliphatic heterocycles. The summed E-state index contributed by atoms with van der Waals surface area (Å²) < 4.78 is 0. The van der Waals surface area contributed by atoms with Crippen LogP contribution in [-0.4, -0.2) is 49.1 Å². The molecule has 10 heavy (non-hydrogen) atoms. The summed E-state index contributed by atoms with van der Waals surface area (Å²) in [6, 6.07) is 0. The molecule has 2 nitrogen and oxygen atoms in total. The molecule has 0 aliphatic carbocycles. The van der Waals surface area contributed by atoms with Gasteiger partial charge < -0.3 is 0 Å². The van der Waals surface area contributed by atoms with Crippen LogP contribution in [0, 0.1) is 0 Å². The molecule has 3 aliphatic rings. The van der Waals surface area contributed by atoms with Crippen LogP contribution in [-0.2, 0) is 0 Å². The minimum Gasteiger partial charge on any atom is -0.300 e. The fourth-order valence-electron chi connectivity index (χ4n) is 1.52. The lowest BCUT2D eigenvalue weighted by Gasteiger charge is -2.41. The molecular weight excluding hydrogens is 354 g/mol. The summed E-state index contributed by atoms with van der Waals surface area (Å²) in [5.74, 6) is 0. The monoisotopic (exact) mass is 366 g/mol. The first-order valence-electron chi connectivity index (χ1n) is 3.54. The van der Waals surface area contributed by atoms with E-state index in [9.17, 15) is 0 Å². The van der Waals surface area contributed by atoms with Crippen molar-refractivity contribution in [2.45, 2.75) is 0 Å². The van der Waals surface area contributed by atoms with Gasteiger partial charge in [0.05, 0.1) is 0 Å². The third-order valence-electron chi connectivity index (χ3n) is 2.20. The SMILES string of the molecule is C1CN2CCN1CC2.II. The van der Waals surface area contributed by atoms with E-state index < -0.39 is 0 Å². The Morgan fingerprint density at radius 3 is 0.900 bits per heavy atom. The lowest BCUT2D eigenvalue weighted by molar-refractivity contribution is 0.0647. The highest BCUT2D eigenvalue weighted by molar-refractivity contribution is 15.0. The maximum atomic E-state index is 2.54. The first kappa shape index (κ1) is 9.47. The van der Waals surface area contributed by atoms with Gasteiger partial charge in [0.25, 0.3) is 0 Å². The molecule has 2 bridgehead atoms. The minimum atomic E-state index is 1.32. The Kier molecular flexibility index (Phi) is 4.83. The van der Waals surface area contributed by atoms with Crippen LogP contribution < -0.4 is 0 Å². The summed E-state index contributed by atoms with van der Waals surface area (Å²) in [4.78, 5) is 5.08. The Morgan fingerprint density at radius 1 is 0.600 bits per heavy atom. The third-order valence-corrected chi connectivity index (χ3v) is 2.20. The van der Waals surface area contributed by atoms with Crippen molar-refractivity contribution in [3.8, 4) is 0 Å². The summed E-state index contributed by atoms with van der Waals surface area (Å²) in [6.07, 6.45) is 0. The number of hydrogen-bond acceptors (Lipinski definition) is 2. The average molecular weight is 366 g/mol. The molecule has 3 saturated heterocycles. The van der Waals surface area contributed by atoms with Crippen molar-refractivity contribution in [3.63, 3.8) is 0 Å². The van der Waals surface area contributed by atoms with E-state index in [1.54, 1.807) is 0 Å². The van der Waals surface area contributed by atoms with Crippen molar-refractivity contribution in [3.05, 3.63) is 0 Å². The van der Waals surface area contributed by atoms with Gasteiger partial charge in [0.1, 0.15) is 0 Å². The molecule has 0 amide bonds. The Labute approximate surface area is 85.6 Å². The Bertz CT molecular complexity index is 68.7. The number of hydrogen-bond donors (Lipinski definition) is 0. The number of rotatable bonds is 0. The fourth-order valence-corrected chi connectivity index (χ4v) is 1.52. The summed E-state index contributed by atoms with van der Waals surface area (Å²) in [7, 11) is 0. The molecule has 0 aromatic heterocycles. The molecule has 0 spiro atoms. The molecule has 4 heteroatoms. The van der Waals surface area contributed by atoms with Crippen LogP contribution in [0.2, 0.25) is 0 Å². The van der Waals surface area contributed by atoms with E-state index in [0.717, 1.165) is 0 Å². The van der Waals surface area contributed by atoms with Gasteiger partial charge in [-0.1, -0.05) is 0 Å². The maximum absolute atomic E-state index is 2.54. The van der Waals surface area contributed by atoms with E-state index in [2.05, 4.69) is 47.0 Å². The zero-order valence-electron chi connectivity index (χ0n) is 5.89. The number of nitrogens with zero attached hydrogens (tertiary/aromatic N) is 2. The standard InChI is InChI=1S/C6H12N2.I2/c1-2-8-5-3-7(1)4-6-8;1-2/h1-6H2;. The minimum absolute atomic E-state index is 1.32. The average Bonchev–Trinajstić information content (AvgIpc) is 2.11. The highest BCUT2D eigenvalue weighted by Gasteiger charge is 2.21. The Morgan fingerprint density at radius 2 is 0.800 bits per heavy atom. The largest absolute Gasteiger partial charge is 0.300 e. The van der Waals surface area contributed by atoms with Gasteiger partial charge in [0.15, 0.2) is 0 Å². The van der Waals surface area contributed by atoms with Crippen molar-refractivity contribution < 1.29 is 0 Å². The van der Waals surface area contributed by atoms with Crippen molar-refractivity contribution in [1.82, 2.24) is 9.80 Å². The van der Waals surface area contributed by atoms with Gasteiger partial charge in [-0.3, -0.25) is 9.80 Å². The summed E-state index contributed by atoms with van der Waals surface area (Å²) in [6.45, 7) is 7.92. The summed E-state index contributed by atoms with van der Waals surface area (Å²) in [5.41, 5.74) is 0. The smallest absolute Gasteiger partial charge is 0.0110 e. The highest BCUT2D eigenvalue weighted by Crippen LogP contribution is 2.06. The fraction of sp³-hybridized carbons (Fsp3) is 1.00. The normalized spacial score (nSPS) is 36.6. The summed E-state index contributed by atoms with van der Waals surface area (Å²) >= 11 is 4.24. The van der Waals surface area contributed by atoms with Crippen LogP contribution in [0.4, 0.5) is 0 Å². The van der Waals surface area contributed by atoms with E-state index in [-0.39, 0.29) is 0 Å². The molecule has 0 N–H and O–H groups in total. The van der Waals surface area contributed by atoms with Crippen molar-refractivity contribution in [2.75, 3.05) is 39.3 Å². The first-order valence-corrected chi connectivity index (χ1v) is 9.83. The predicted octanol–water partition coefficient (Wildman–Crippen LogP) is 1.39. The van der Waals surface area contributed by atoms with E-state index in [4.69, 9.17) is 0 Å². The molecule has 0 aromatic carbocycles. The number of fused-ring (bicyclic) bond motifs is 3. The molecule has 0 atom stereocenters. The molecule has 0 radical (unpaired) electrons. The van der Waals surface area contributed by atoms with Gasteiger partial charge in [-0.2, -0.15) is 0 Å². The second kappa shape index (κ2) is 5.10. The first-order chi connectivity index (χ1) is 4.95. The van der Waals surface area contributed by atoms with Crippen LogP contribution in [0.5, 0.6) is 0 Å². The van der Waals surface area contributed by atoms with Crippen LogP contribution in [0.3, 0.4) is 0 Å². The molecule has 0 unspecified atom stereocenters. The van der Waals surface area contributed by atoms with Gasteiger partial charge in [-0.15, -0.1) is 0 Å². The van der Waals surface area contributed by atoms with Gasteiger partial charge in [0, 0.05) is 76.5 Å². The van der Waals surface area contributed by atoms with Crippen molar-refractivity contribution >= 4 is 37.2 Å². The van der Waals surface area contributed by atoms with Gasteiger partial charge in [-0.25, -0.2) is 0 Å². The number of halogens is 2. The van der Waals surface area contributed by atoms with Crippen molar-refractivity contribution in [1.29, 1.82) is 0 Å². The second-order valence-corrected chi connectivity index (χ2v) is 2.68. The molecule has 0 saturated carbocycles. The Balaban J connectivity index is 0.000000231. The molecule has 3 rings (SSSR count). The van der Waals surface area contributed by atoms with Crippen LogP contribution in [0.15, 0.2) is 0 Å². The molecule has 0 aromatic rings. The topological polar surface area (TPSA) is 6.48 Å². The second-order valence-electron chi connectivity index (χ2n) is 2.68. The van der Waals surface area contributed by atoms with Crippen LogP contribution in [0.25, 0.3) is 0 Å².